The number of nitrogens with zero attached hydrogens (tertiary/aromatic N) is 1. The van der Waals surface area contributed by atoms with Crippen molar-refractivity contribution in [1.82, 2.24) is 10.3 Å². The Morgan fingerprint density at radius 2 is 2.26 bits per heavy atom. The molecule has 4 nitrogen and oxygen atoms in total. The summed E-state index contributed by atoms with van der Waals surface area (Å²) in [6.45, 7) is 5.85. The number of nitrogens with one attached hydrogen (secondary N) is 2. The quantitative estimate of drug-likeness (QED) is 0.769. The molecule has 1 unspecified atom stereocenters. The fourth-order valence-electron chi connectivity index (χ4n) is 1.53. The molecule has 0 saturated carbocycles. The van der Waals surface area contributed by atoms with Crippen LogP contribution in [0.3, 0.4) is 0 Å². The predicted octanol–water partition coefficient (Wildman–Crippen LogP) is 2.77. The Labute approximate surface area is 119 Å². The Kier molecular flexibility index (Phi) is 7.33. The van der Waals surface area contributed by atoms with Crippen LogP contribution in [0.15, 0.2) is 18.3 Å². The smallest absolute Gasteiger partial charge is 0.269 e. The molecule has 1 aromatic heterocycles. The summed E-state index contributed by atoms with van der Waals surface area (Å²) in [6, 6.07) is 3.67. The van der Waals surface area contributed by atoms with Gasteiger partial charge in [-0.05, 0) is 31.2 Å². The van der Waals surface area contributed by atoms with Gasteiger partial charge in [-0.1, -0.05) is 13.8 Å². The molecule has 1 aromatic rings. The van der Waals surface area contributed by atoms with Crippen molar-refractivity contribution >= 4 is 23.4 Å². The Morgan fingerprint density at radius 1 is 1.47 bits per heavy atom. The third kappa shape index (κ3) is 5.96. The molecule has 1 rings (SSSR count). The summed E-state index contributed by atoms with van der Waals surface area (Å²) in [5.41, 5.74) is 1.41. The van der Waals surface area contributed by atoms with Gasteiger partial charge in [0.25, 0.3) is 5.91 Å². The van der Waals surface area contributed by atoms with Gasteiger partial charge < -0.3 is 10.6 Å². The van der Waals surface area contributed by atoms with Crippen LogP contribution in [0, 0.1) is 0 Å². The van der Waals surface area contributed by atoms with Gasteiger partial charge in [0.15, 0.2) is 0 Å². The van der Waals surface area contributed by atoms with Crippen molar-refractivity contribution in [2.45, 2.75) is 31.9 Å². The molecule has 0 radical (unpaired) electrons. The van der Waals surface area contributed by atoms with Gasteiger partial charge in [0, 0.05) is 30.2 Å². The van der Waals surface area contributed by atoms with Gasteiger partial charge in [-0.15, -0.1) is 0 Å². The van der Waals surface area contributed by atoms with Crippen LogP contribution < -0.4 is 10.6 Å². The van der Waals surface area contributed by atoms with E-state index in [0.717, 1.165) is 25.1 Å². The van der Waals surface area contributed by atoms with Crippen LogP contribution in [-0.4, -0.2) is 35.5 Å². The molecule has 0 saturated heterocycles. The first kappa shape index (κ1) is 15.8. The molecule has 5 heteroatoms. The van der Waals surface area contributed by atoms with Crippen molar-refractivity contribution in [2.75, 3.05) is 24.7 Å². The maximum absolute atomic E-state index is 11.9. The van der Waals surface area contributed by atoms with Gasteiger partial charge >= 0.3 is 0 Å². The maximum atomic E-state index is 11.9. The van der Waals surface area contributed by atoms with Crippen molar-refractivity contribution < 1.29 is 4.79 Å². The molecule has 1 heterocycles. The van der Waals surface area contributed by atoms with E-state index in [2.05, 4.69) is 35.7 Å². The standard InChI is InChI=1S/C14H23N3OS/c1-4-7-15-12-6-9-16-13(10-12)14(18)17-8-5-11(2)19-3/h6,9-11H,4-5,7-8H2,1-3H3,(H,15,16)(H,17,18). The zero-order chi connectivity index (χ0) is 14.1. The fourth-order valence-corrected chi connectivity index (χ4v) is 1.88. The van der Waals surface area contributed by atoms with Crippen LogP contribution in [0.25, 0.3) is 0 Å². The van der Waals surface area contributed by atoms with Crippen LogP contribution in [0.1, 0.15) is 37.2 Å². The lowest BCUT2D eigenvalue weighted by atomic mass is 10.2. The molecule has 0 aliphatic heterocycles. The van der Waals surface area contributed by atoms with E-state index in [-0.39, 0.29) is 5.91 Å². The highest BCUT2D eigenvalue weighted by molar-refractivity contribution is 7.99. The fraction of sp³-hybridized carbons (Fsp3) is 0.571. The Balaban J connectivity index is 2.47. The molecule has 0 aromatic carbocycles. The molecule has 0 fully saturated rings. The third-order valence-corrected chi connectivity index (χ3v) is 3.85. The zero-order valence-electron chi connectivity index (χ0n) is 11.9. The molecular formula is C14H23N3OS. The highest BCUT2D eigenvalue weighted by Crippen LogP contribution is 2.09. The first-order valence-electron chi connectivity index (χ1n) is 6.68. The highest BCUT2D eigenvalue weighted by Gasteiger charge is 2.08. The predicted molar refractivity (Wildman–Crippen MR) is 82.9 cm³/mol. The monoisotopic (exact) mass is 281 g/mol. The summed E-state index contributed by atoms with van der Waals surface area (Å²) < 4.78 is 0. The van der Waals surface area contributed by atoms with E-state index in [1.807, 2.05) is 6.07 Å². The first-order valence-corrected chi connectivity index (χ1v) is 7.97. The third-order valence-electron chi connectivity index (χ3n) is 2.81. The number of rotatable bonds is 8. The second-order valence-electron chi connectivity index (χ2n) is 4.45. The Hall–Kier alpha value is -1.23. The summed E-state index contributed by atoms with van der Waals surface area (Å²) in [4.78, 5) is 16.0. The molecule has 106 valence electrons. The normalized spacial score (nSPS) is 11.9. The van der Waals surface area contributed by atoms with Gasteiger partial charge in [-0.3, -0.25) is 9.78 Å². The molecule has 1 amide bonds. The number of carbonyl (C=O) groups is 1. The van der Waals surface area contributed by atoms with Gasteiger partial charge in [-0.25, -0.2) is 0 Å². The van der Waals surface area contributed by atoms with Gasteiger partial charge in [0.2, 0.25) is 0 Å². The molecule has 0 aliphatic carbocycles. The largest absolute Gasteiger partial charge is 0.385 e. The van der Waals surface area contributed by atoms with Crippen LogP contribution in [-0.2, 0) is 0 Å². The lowest BCUT2D eigenvalue weighted by molar-refractivity contribution is 0.0948. The van der Waals surface area contributed by atoms with Crippen molar-refractivity contribution in [3.05, 3.63) is 24.0 Å². The lowest BCUT2D eigenvalue weighted by Crippen LogP contribution is -2.26. The van der Waals surface area contributed by atoms with Crippen LogP contribution in [0.5, 0.6) is 0 Å². The van der Waals surface area contributed by atoms with Gasteiger partial charge in [0.05, 0.1) is 0 Å². The van der Waals surface area contributed by atoms with Crippen molar-refractivity contribution in [1.29, 1.82) is 0 Å². The summed E-state index contributed by atoms with van der Waals surface area (Å²) in [7, 11) is 0. The number of anilines is 1. The molecule has 19 heavy (non-hydrogen) atoms. The Morgan fingerprint density at radius 3 is 2.95 bits per heavy atom. The minimum absolute atomic E-state index is 0.103. The topological polar surface area (TPSA) is 54.0 Å². The van der Waals surface area contributed by atoms with Crippen LogP contribution in [0.4, 0.5) is 5.69 Å². The number of hydrogen-bond donors (Lipinski definition) is 2. The van der Waals surface area contributed by atoms with Crippen molar-refractivity contribution in [3.63, 3.8) is 0 Å². The van der Waals surface area contributed by atoms with E-state index < -0.39 is 0 Å². The summed E-state index contributed by atoms with van der Waals surface area (Å²) >= 11 is 1.81. The highest BCUT2D eigenvalue weighted by atomic mass is 32.2. The minimum atomic E-state index is -0.103. The van der Waals surface area contributed by atoms with Crippen molar-refractivity contribution in [3.8, 4) is 0 Å². The van der Waals surface area contributed by atoms with Crippen LogP contribution in [0.2, 0.25) is 0 Å². The van der Waals surface area contributed by atoms with Gasteiger partial charge in [-0.2, -0.15) is 11.8 Å². The summed E-state index contributed by atoms with van der Waals surface area (Å²) in [5.74, 6) is -0.103. The lowest BCUT2D eigenvalue weighted by Gasteiger charge is -2.10. The molecule has 0 aliphatic rings. The number of pyridine rings is 1. The van der Waals surface area contributed by atoms with E-state index >= 15 is 0 Å². The number of hydrogen-bond acceptors (Lipinski definition) is 4. The average molecular weight is 281 g/mol. The van der Waals surface area contributed by atoms with Gasteiger partial charge in [0.1, 0.15) is 5.69 Å². The van der Waals surface area contributed by atoms with E-state index in [9.17, 15) is 4.79 Å². The average Bonchev–Trinajstić information content (AvgIpc) is 2.45. The maximum Gasteiger partial charge on any atom is 0.269 e. The second kappa shape index (κ2) is 8.80. The Bertz CT molecular complexity index is 398. The zero-order valence-corrected chi connectivity index (χ0v) is 12.7. The van der Waals surface area contributed by atoms with E-state index in [1.54, 1.807) is 24.0 Å². The molecular weight excluding hydrogens is 258 g/mol. The number of carbonyl (C=O) groups excluding carboxylic acids is 1. The van der Waals surface area contributed by atoms with Crippen molar-refractivity contribution in [2.24, 2.45) is 0 Å². The molecule has 1 atom stereocenters. The molecule has 0 bridgehead atoms. The first-order chi connectivity index (χ1) is 9.17. The van der Waals surface area contributed by atoms with E-state index in [4.69, 9.17) is 0 Å². The number of amides is 1. The molecule has 2 N–H and O–H groups in total. The van der Waals surface area contributed by atoms with E-state index in [1.165, 1.54) is 0 Å². The van der Waals surface area contributed by atoms with Crippen LogP contribution >= 0.6 is 11.8 Å². The summed E-state index contributed by atoms with van der Waals surface area (Å²) in [6.07, 6.45) is 5.77. The molecule has 0 spiro atoms. The number of aromatic nitrogens is 1. The minimum Gasteiger partial charge on any atom is -0.385 e. The summed E-state index contributed by atoms with van der Waals surface area (Å²) in [5, 5.41) is 6.72. The SMILES string of the molecule is CCCNc1ccnc(C(=O)NCCC(C)SC)c1. The second-order valence-corrected chi connectivity index (χ2v) is 5.72. The van der Waals surface area contributed by atoms with E-state index in [0.29, 0.717) is 17.5 Å². The number of thioether (sulfide) groups is 1.